The highest BCUT2D eigenvalue weighted by Crippen LogP contribution is 2.36. The number of nitrogens with zero attached hydrogens (tertiary/aromatic N) is 1. The van der Waals surface area contributed by atoms with Crippen molar-refractivity contribution in [2.75, 3.05) is 11.9 Å². The van der Waals surface area contributed by atoms with E-state index in [1.54, 1.807) is 36.1 Å². The van der Waals surface area contributed by atoms with Gasteiger partial charge in [0.1, 0.15) is 11.6 Å². The number of rotatable bonds is 6. The largest absolute Gasteiger partial charge is 0.383 e. The van der Waals surface area contributed by atoms with Crippen molar-refractivity contribution in [2.45, 2.75) is 64.0 Å². The van der Waals surface area contributed by atoms with Crippen molar-refractivity contribution in [1.29, 1.82) is 0 Å². The van der Waals surface area contributed by atoms with Gasteiger partial charge in [0, 0.05) is 29.9 Å². The van der Waals surface area contributed by atoms with E-state index in [4.69, 9.17) is 0 Å². The highest BCUT2D eigenvalue weighted by Gasteiger charge is 2.43. The lowest BCUT2D eigenvalue weighted by atomic mass is 9.77. The first-order valence-electron chi connectivity index (χ1n) is 13.7. The van der Waals surface area contributed by atoms with Gasteiger partial charge in [-0.05, 0) is 74.9 Å². The van der Waals surface area contributed by atoms with E-state index in [0.29, 0.717) is 43.1 Å². The van der Waals surface area contributed by atoms with Crippen molar-refractivity contribution < 1.29 is 18.4 Å². The van der Waals surface area contributed by atoms with Crippen LogP contribution in [0.2, 0.25) is 0 Å². The van der Waals surface area contributed by atoms with E-state index < -0.39 is 23.6 Å². The molecule has 3 aliphatic rings. The van der Waals surface area contributed by atoms with Crippen LogP contribution in [0.25, 0.3) is 0 Å². The Labute approximate surface area is 223 Å². The average Bonchev–Trinajstić information content (AvgIpc) is 3.42. The van der Waals surface area contributed by atoms with Crippen molar-refractivity contribution in [1.82, 2.24) is 10.2 Å². The highest BCUT2D eigenvalue weighted by molar-refractivity contribution is 5.98. The molecule has 2 aromatic carbocycles. The molecule has 38 heavy (non-hydrogen) atoms. The second kappa shape index (κ2) is 11.5. The van der Waals surface area contributed by atoms with E-state index in [2.05, 4.69) is 28.9 Å². The van der Waals surface area contributed by atoms with Gasteiger partial charge >= 0.3 is 0 Å². The summed E-state index contributed by atoms with van der Waals surface area (Å²) in [7, 11) is 0. The van der Waals surface area contributed by atoms with Crippen LogP contribution >= 0.6 is 0 Å². The highest BCUT2D eigenvalue weighted by atomic mass is 19.1. The zero-order valence-corrected chi connectivity index (χ0v) is 21.8. The summed E-state index contributed by atoms with van der Waals surface area (Å²) in [5, 5.41) is 6.48. The molecule has 0 radical (unpaired) electrons. The Morgan fingerprint density at radius 1 is 1.00 bits per heavy atom. The summed E-state index contributed by atoms with van der Waals surface area (Å²) in [5.41, 5.74) is 2.08. The molecule has 200 valence electrons. The number of benzene rings is 2. The van der Waals surface area contributed by atoms with Gasteiger partial charge in [-0.15, -0.1) is 0 Å². The second-order valence-electron chi connectivity index (χ2n) is 10.7. The van der Waals surface area contributed by atoms with Gasteiger partial charge in [0.25, 0.3) is 5.91 Å². The fourth-order valence-corrected chi connectivity index (χ4v) is 6.22. The number of piperidine rings is 1. The third-order valence-corrected chi connectivity index (χ3v) is 8.11. The average molecular weight is 520 g/mol. The number of carbonyl (C=O) groups excluding carboxylic acids is 2. The fraction of sp³-hybridized carbons (Fsp3) is 0.419. The third-order valence-electron chi connectivity index (χ3n) is 8.11. The van der Waals surface area contributed by atoms with Crippen LogP contribution in [-0.4, -0.2) is 35.3 Å². The Hall–Kier alpha value is -3.48. The summed E-state index contributed by atoms with van der Waals surface area (Å²) in [5.74, 6) is -2.25. The molecule has 2 aromatic rings. The molecule has 2 N–H and O–H groups in total. The van der Waals surface area contributed by atoms with E-state index in [1.165, 1.54) is 43.9 Å². The Balaban J connectivity index is 1.42. The molecule has 1 saturated carbocycles. The molecule has 1 aliphatic heterocycles. The lowest BCUT2D eigenvalue weighted by molar-refractivity contribution is -0.123. The van der Waals surface area contributed by atoms with Gasteiger partial charge in [-0.25, -0.2) is 8.78 Å². The molecule has 1 heterocycles. The maximum atomic E-state index is 14.9. The number of allylic oxidation sites excluding steroid dienone is 2. The summed E-state index contributed by atoms with van der Waals surface area (Å²) in [4.78, 5) is 29.1. The standard InChI is InChI=1S/C31H35F2N3O2/c1-20-7-4-13-27(33)28(20)31(38)36-18-6-12-26(30(37)35-25-11-5-8-22(32)19-25)29(36)21-14-16-24(17-15-21)34-23-9-2-3-10-23/h4-5,7-8,11,13-14,16-17,19,21,23,26,29,34H,2-3,6,9-10,12,15,18H2,1H3,(H,35,37)/t21?,26-,29-/m0/s1. The Kier molecular flexibility index (Phi) is 7.91. The van der Waals surface area contributed by atoms with Crippen LogP contribution < -0.4 is 10.6 Å². The zero-order valence-electron chi connectivity index (χ0n) is 21.8. The van der Waals surface area contributed by atoms with Crippen LogP contribution in [0.3, 0.4) is 0 Å². The van der Waals surface area contributed by atoms with Crippen LogP contribution in [0.1, 0.15) is 60.9 Å². The van der Waals surface area contributed by atoms with E-state index in [-0.39, 0.29) is 23.3 Å². The van der Waals surface area contributed by atoms with Crippen LogP contribution in [0.5, 0.6) is 0 Å². The molecule has 7 heteroatoms. The third kappa shape index (κ3) is 5.66. The minimum atomic E-state index is -0.554. The SMILES string of the molecule is Cc1cccc(F)c1C(=O)N1CCC[C@H](C(=O)Nc2cccc(F)c2)[C@@H]1C1C=CC(NC2CCCC2)=CC1. The van der Waals surface area contributed by atoms with Crippen molar-refractivity contribution in [2.24, 2.45) is 11.8 Å². The Morgan fingerprint density at radius 2 is 1.79 bits per heavy atom. The van der Waals surface area contributed by atoms with Crippen LogP contribution in [0, 0.1) is 30.4 Å². The smallest absolute Gasteiger partial charge is 0.257 e. The fourth-order valence-electron chi connectivity index (χ4n) is 6.22. The molecule has 2 fully saturated rings. The first-order valence-corrected chi connectivity index (χ1v) is 13.7. The van der Waals surface area contributed by atoms with E-state index in [1.807, 2.05) is 0 Å². The molecule has 5 nitrogen and oxygen atoms in total. The lowest BCUT2D eigenvalue weighted by Gasteiger charge is -2.44. The number of aryl methyl sites for hydroxylation is 1. The van der Waals surface area contributed by atoms with Gasteiger partial charge in [0.05, 0.1) is 17.5 Å². The Bertz CT molecular complexity index is 1230. The van der Waals surface area contributed by atoms with Gasteiger partial charge in [0.2, 0.25) is 5.91 Å². The molecule has 0 bridgehead atoms. The minimum absolute atomic E-state index is 0.0580. The van der Waals surface area contributed by atoms with Crippen molar-refractivity contribution in [3.8, 4) is 0 Å². The summed E-state index contributed by atoms with van der Waals surface area (Å²) in [6.07, 6.45) is 13.0. The summed E-state index contributed by atoms with van der Waals surface area (Å²) >= 11 is 0. The molecule has 3 atom stereocenters. The van der Waals surface area contributed by atoms with Crippen molar-refractivity contribution >= 4 is 17.5 Å². The zero-order chi connectivity index (χ0) is 26.6. The normalized spacial score (nSPS) is 23.7. The molecule has 5 rings (SSSR count). The van der Waals surface area contributed by atoms with Gasteiger partial charge < -0.3 is 15.5 Å². The number of amides is 2. The molecule has 2 aliphatic carbocycles. The number of hydrogen-bond donors (Lipinski definition) is 2. The number of anilines is 1. The van der Waals surface area contributed by atoms with Gasteiger partial charge in [-0.3, -0.25) is 9.59 Å². The maximum absolute atomic E-state index is 14.9. The molecular formula is C31H35F2N3O2. The first kappa shape index (κ1) is 26.1. The second-order valence-corrected chi connectivity index (χ2v) is 10.7. The van der Waals surface area contributed by atoms with Gasteiger partial charge in [0.15, 0.2) is 0 Å². The molecule has 2 amide bonds. The van der Waals surface area contributed by atoms with Crippen LogP contribution in [0.4, 0.5) is 14.5 Å². The minimum Gasteiger partial charge on any atom is -0.383 e. The monoisotopic (exact) mass is 519 g/mol. The van der Waals surface area contributed by atoms with E-state index in [0.717, 1.165) is 5.70 Å². The predicted molar refractivity (Wildman–Crippen MR) is 144 cm³/mol. The van der Waals surface area contributed by atoms with Crippen molar-refractivity contribution in [3.05, 3.63) is 89.2 Å². The van der Waals surface area contributed by atoms with Crippen molar-refractivity contribution in [3.63, 3.8) is 0 Å². The van der Waals surface area contributed by atoms with Crippen LogP contribution in [-0.2, 0) is 4.79 Å². The molecule has 0 aromatic heterocycles. The molecule has 1 unspecified atom stereocenters. The number of carbonyl (C=O) groups is 2. The number of likely N-dealkylation sites (tertiary alicyclic amines) is 1. The number of halogens is 2. The Morgan fingerprint density at radius 3 is 2.50 bits per heavy atom. The lowest BCUT2D eigenvalue weighted by Crippen LogP contribution is -2.55. The summed E-state index contributed by atoms with van der Waals surface area (Å²) in [6.45, 7) is 2.18. The number of nitrogens with one attached hydrogen (secondary N) is 2. The van der Waals surface area contributed by atoms with E-state index >= 15 is 0 Å². The molecule has 0 spiro atoms. The quantitative estimate of drug-likeness (QED) is 0.483. The molecular weight excluding hydrogens is 484 g/mol. The topological polar surface area (TPSA) is 61.4 Å². The van der Waals surface area contributed by atoms with Gasteiger partial charge in [-0.1, -0.05) is 43.2 Å². The first-order chi connectivity index (χ1) is 18.4. The maximum Gasteiger partial charge on any atom is 0.257 e. The van der Waals surface area contributed by atoms with E-state index in [9.17, 15) is 18.4 Å². The number of hydrogen-bond acceptors (Lipinski definition) is 3. The van der Waals surface area contributed by atoms with Crippen LogP contribution in [0.15, 0.2) is 66.4 Å². The summed E-state index contributed by atoms with van der Waals surface area (Å²) in [6, 6.07) is 10.5. The van der Waals surface area contributed by atoms with Gasteiger partial charge in [-0.2, -0.15) is 0 Å². The molecule has 1 saturated heterocycles. The predicted octanol–water partition coefficient (Wildman–Crippen LogP) is 6.12. The summed E-state index contributed by atoms with van der Waals surface area (Å²) < 4.78 is 28.6.